The third-order valence-corrected chi connectivity index (χ3v) is 3.41. The van der Waals surface area contributed by atoms with E-state index in [4.69, 9.17) is 20.4 Å². The first-order chi connectivity index (χ1) is 12.2. The van der Waals surface area contributed by atoms with Crippen LogP contribution < -0.4 is 5.32 Å². The number of hydrogen-bond acceptors (Lipinski definition) is 8. The molecule has 1 aromatic carbocycles. The van der Waals surface area contributed by atoms with Gasteiger partial charge < -0.3 is 30.3 Å². The highest BCUT2D eigenvalue weighted by atomic mass is 32.1. The highest BCUT2D eigenvalue weighted by molar-refractivity contribution is 7.80. The molecule has 0 heterocycles. The maximum absolute atomic E-state index is 12.0. The lowest BCUT2D eigenvalue weighted by Gasteiger charge is -2.08. The fourth-order valence-electron chi connectivity index (χ4n) is 1.33. The molecule has 0 radical (unpaired) electrons. The lowest BCUT2D eigenvalue weighted by Crippen LogP contribution is -2.40. The highest BCUT2D eigenvalue weighted by Gasteiger charge is 2.15. The van der Waals surface area contributed by atoms with Gasteiger partial charge in [0.1, 0.15) is 6.04 Å². The van der Waals surface area contributed by atoms with Crippen LogP contribution in [-0.2, 0) is 18.7 Å². The lowest BCUT2D eigenvalue weighted by atomic mass is 10.3. The Kier molecular flexibility index (Phi) is 13.4. The van der Waals surface area contributed by atoms with Gasteiger partial charge in [-0.3, -0.25) is 9.36 Å². The average molecular weight is 429 g/mol. The largest absolute Gasteiger partial charge is 0.504 e. The van der Waals surface area contributed by atoms with E-state index in [9.17, 15) is 18.4 Å². The molecule has 0 saturated heterocycles. The summed E-state index contributed by atoms with van der Waals surface area (Å²) < 4.78 is 26.4. The van der Waals surface area contributed by atoms with Crippen LogP contribution in [-0.4, -0.2) is 56.9 Å². The van der Waals surface area contributed by atoms with E-state index < -0.39 is 25.4 Å². The zero-order chi connectivity index (χ0) is 21.8. The van der Waals surface area contributed by atoms with Gasteiger partial charge in [-0.2, -0.15) is 16.8 Å². The van der Waals surface area contributed by atoms with Gasteiger partial charge in [0, 0.05) is 19.3 Å². The number of thiol groups is 1. The Hall–Kier alpha value is -1.97. The smallest absolute Gasteiger partial charge is 0.364 e. The molecule has 2 atom stereocenters. The third-order valence-electron chi connectivity index (χ3n) is 2.25. The van der Waals surface area contributed by atoms with Crippen LogP contribution >= 0.6 is 20.3 Å². The predicted molar refractivity (Wildman–Crippen MR) is 101 cm³/mol. The summed E-state index contributed by atoms with van der Waals surface area (Å²) in [6, 6.07) is 3.13. The molecule has 9 nitrogen and oxygen atoms in total. The number of aliphatic carboxylic acids is 1. The Bertz CT molecular complexity index is 632. The van der Waals surface area contributed by atoms with E-state index >= 15 is 0 Å². The molecule has 1 rings (SSSR count). The van der Waals surface area contributed by atoms with E-state index in [0.29, 0.717) is 0 Å². The summed E-state index contributed by atoms with van der Waals surface area (Å²) in [5, 5.41) is 36.7. The van der Waals surface area contributed by atoms with Crippen LogP contribution in [0.25, 0.3) is 0 Å². The second-order valence-electron chi connectivity index (χ2n) is 5.32. The summed E-state index contributed by atoms with van der Waals surface area (Å²) in [5.74, 6) is -2.41. The number of benzene rings is 1. The number of carbonyl (C=O) groups excluding carboxylic acids is 1. The summed E-state index contributed by atoms with van der Waals surface area (Å²) in [4.78, 5) is 20.5. The minimum atomic E-state index is -3.72. The van der Waals surface area contributed by atoms with Crippen molar-refractivity contribution in [3.63, 3.8) is 0 Å². The molecule has 0 aliphatic rings. The molecule has 0 aliphatic heterocycles. The first-order valence-electron chi connectivity index (χ1n) is 7.47. The van der Waals surface area contributed by atoms with Crippen LogP contribution in [0.2, 0.25) is 0 Å². The van der Waals surface area contributed by atoms with E-state index in [1.807, 2.05) is 0 Å². The Balaban J connectivity index is 0. The topological polar surface area (TPSA) is 153 Å². The molecule has 0 aliphatic carbocycles. The minimum Gasteiger partial charge on any atom is -0.504 e. The summed E-state index contributed by atoms with van der Waals surface area (Å²) in [7, 11) is -3.72. The number of hydrogen-bond donors (Lipinski definition) is 6. The summed E-state index contributed by atoms with van der Waals surface area (Å²) in [6.07, 6.45) is -0.296. The van der Waals surface area contributed by atoms with E-state index in [1.165, 1.54) is 25.1 Å². The molecule has 156 valence electrons. The van der Waals surface area contributed by atoms with Gasteiger partial charge in [-0.05, 0) is 26.0 Å². The third kappa shape index (κ3) is 16.0. The van der Waals surface area contributed by atoms with Crippen LogP contribution in [0.1, 0.15) is 20.8 Å². The number of para-hydroxylation sites is 1. The molecule has 2 unspecified atom stereocenters. The normalized spacial score (nSPS) is 13.1. The van der Waals surface area contributed by atoms with E-state index in [2.05, 4.69) is 22.5 Å². The fraction of sp³-hybridized carbons (Fsp3) is 0.467. The molecular formula is C15H25FNO8PS. The van der Waals surface area contributed by atoms with Crippen molar-refractivity contribution in [2.45, 2.75) is 32.9 Å². The van der Waals surface area contributed by atoms with Crippen molar-refractivity contribution >= 4 is 32.2 Å². The summed E-state index contributed by atoms with van der Waals surface area (Å²) in [5.41, 5.74) is 0. The number of aromatic hydroxyl groups is 3. The molecule has 0 saturated carbocycles. The molecule has 12 heteroatoms. The van der Waals surface area contributed by atoms with Gasteiger partial charge in [-0.15, -0.1) is 0 Å². The van der Waals surface area contributed by atoms with Gasteiger partial charge in [0.25, 0.3) is 0 Å². The molecule has 0 bridgehead atoms. The van der Waals surface area contributed by atoms with Gasteiger partial charge in [0.2, 0.25) is 5.91 Å². The SMILES string of the molecule is CC(=O)NC(CS)C(=O)O.CC(C)OP(C)(=O)F.Oc1cccc(O)c1O. The number of carboxylic acid groups (broad SMARTS) is 1. The summed E-state index contributed by atoms with van der Waals surface area (Å²) >= 11 is 3.73. The molecule has 0 spiro atoms. The Labute approximate surface area is 162 Å². The zero-order valence-corrected chi connectivity index (χ0v) is 17.1. The Morgan fingerprint density at radius 1 is 1.26 bits per heavy atom. The number of rotatable bonds is 5. The molecule has 5 N–H and O–H groups in total. The molecule has 0 fully saturated rings. The molecular weight excluding hydrogens is 404 g/mol. The first kappa shape index (κ1) is 27.3. The molecule has 0 aromatic heterocycles. The van der Waals surface area contributed by atoms with Gasteiger partial charge in [-0.1, -0.05) is 6.07 Å². The number of nitrogens with one attached hydrogen (secondary N) is 1. The highest BCUT2D eigenvalue weighted by Crippen LogP contribution is 2.45. The predicted octanol–water partition coefficient (Wildman–Crippen LogP) is 2.51. The van der Waals surface area contributed by atoms with Gasteiger partial charge in [0.05, 0.1) is 6.10 Å². The quantitative estimate of drug-likeness (QED) is 0.237. The number of phenolic OH excluding ortho intramolecular Hbond substituents is 3. The second-order valence-corrected chi connectivity index (χ2v) is 7.39. The molecule has 1 aromatic rings. The lowest BCUT2D eigenvalue weighted by molar-refractivity contribution is -0.140. The van der Waals surface area contributed by atoms with Crippen LogP contribution in [0, 0.1) is 0 Å². The van der Waals surface area contributed by atoms with Crippen molar-refractivity contribution in [2.24, 2.45) is 0 Å². The maximum atomic E-state index is 12.0. The van der Waals surface area contributed by atoms with Crippen molar-refractivity contribution < 1.29 is 43.3 Å². The van der Waals surface area contributed by atoms with E-state index in [1.54, 1.807) is 13.8 Å². The van der Waals surface area contributed by atoms with Crippen molar-refractivity contribution in [1.29, 1.82) is 0 Å². The molecule has 1 amide bonds. The van der Waals surface area contributed by atoms with Crippen molar-refractivity contribution in [3.05, 3.63) is 18.2 Å². The number of halogens is 1. The van der Waals surface area contributed by atoms with Crippen LogP contribution in [0.3, 0.4) is 0 Å². The van der Waals surface area contributed by atoms with Crippen molar-refractivity contribution in [1.82, 2.24) is 5.32 Å². The Morgan fingerprint density at radius 2 is 1.70 bits per heavy atom. The number of carboxylic acids is 1. The minimum absolute atomic E-state index is 0.106. The van der Waals surface area contributed by atoms with Gasteiger partial charge in [-0.25, -0.2) is 4.79 Å². The number of amides is 1. The maximum Gasteiger partial charge on any atom is 0.364 e. The number of carbonyl (C=O) groups is 2. The van der Waals surface area contributed by atoms with E-state index in [-0.39, 0.29) is 29.3 Å². The number of phenols is 3. The van der Waals surface area contributed by atoms with E-state index in [0.717, 1.165) is 6.66 Å². The Morgan fingerprint density at radius 3 is 1.85 bits per heavy atom. The first-order valence-corrected chi connectivity index (χ1v) is 10.1. The van der Waals surface area contributed by atoms with Crippen LogP contribution in [0.4, 0.5) is 4.20 Å². The second kappa shape index (κ2) is 13.2. The standard InChI is InChI=1S/C6H6O3.C5H9NO3S.C4H10FO2P/c7-4-2-1-3-5(8)6(4)9;1-3(7)6-4(2-10)5(8)9;1-4(2)7-8(3,5)6/h1-3,7-9H;4,10H,2H2,1H3,(H,6,7)(H,8,9);4H,1-3H3. The zero-order valence-electron chi connectivity index (χ0n) is 15.3. The van der Waals surface area contributed by atoms with Crippen LogP contribution in [0.5, 0.6) is 17.2 Å². The van der Waals surface area contributed by atoms with Crippen molar-refractivity contribution in [2.75, 3.05) is 12.4 Å². The van der Waals surface area contributed by atoms with Crippen LogP contribution in [0.15, 0.2) is 18.2 Å². The van der Waals surface area contributed by atoms with Gasteiger partial charge in [0.15, 0.2) is 17.2 Å². The fourth-order valence-corrected chi connectivity index (χ4v) is 2.33. The monoisotopic (exact) mass is 429 g/mol. The van der Waals surface area contributed by atoms with Crippen molar-refractivity contribution in [3.8, 4) is 17.2 Å². The van der Waals surface area contributed by atoms with Gasteiger partial charge >= 0.3 is 13.6 Å². The average Bonchev–Trinajstić information content (AvgIpc) is 2.48. The molecule has 27 heavy (non-hydrogen) atoms. The summed E-state index contributed by atoms with van der Waals surface area (Å²) in [6.45, 7) is 5.48.